The molecule has 0 radical (unpaired) electrons. The third-order valence-electron chi connectivity index (χ3n) is 5.58. The SMILES string of the molecule is CC1(C)OB(c2cc3c(cc2[Si](C)(C)C)CCC3)OC1(C)C. The van der Waals surface area contributed by atoms with Crippen molar-refractivity contribution in [3.05, 3.63) is 23.3 Å². The van der Waals surface area contributed by atoms with Gasteiger partial charge >= 0.3 is 7.12 Å². The zero-order valence-electron chi connectivity index (χ0n) is 15.2. The average Bonchev–Trinajstić information content (AvgIpc) is 2.88. The Kier molecular flexibility index (Phi) is 3.67. The molecular formula is C18H29BO2Si. The van der Waals surface area contributed by atoms with Crippen LogP contribution < -0.4 is 10.6 Å². The van der Waals surface area contributed by atoms with Gasteiger partial charge in [-0.3, -0.25) is 0 Å². The van der Waals surface area contributed by atoms with Crippen LogP contribution in [0, 0.1) is 0 Å². The molecule has 0 spiro atoms. The Labute approximate surface area is 136 Å². The molecule has 1 aromatic rings. The molecule has 3 rings (SSSR count). The lowest BCUT2D eigenvalue weighted by atomic mass is 9.77. The number of hydrogen-bond acceptors (Lipinski definition) is 2. The fraction of sp³-hybridized carbons (Fsp3) is 0.667. The predicted octanol–water partition coefficient (Wildman–Crippen LogP) is 3.02. The zero-order chi connectivity index (χ0) is 16.3. The van der Waals surface area contributed by atoms with Gasteiger partial charge in [0.25, 0.3) is 0 Å². The number of aryl methyl sites for hydroxylation is 2. The van der Waals surface area contributed by atoms with Crippen LogP contribution in [-0.2, 0) is 22.2 Å². The van der Waals surface area contributed by atoms with E-state index in [0.717, 1.165) is 0 Å². The summed E-state index contributed by atoms with van der Waals surface area (Å²) in [5.74, 6) is 0. The minimum Gasteiger partial charge on any atom is -0.399 e. The second kappa shape index (κ2) is 4.96. The number of hydrogen-bond donors (Lipinski definition) is 0. The normalized spacial score (nSPS) is 23.0. The largest absolute Gasteiger partial charge is 0.494 e. The zero-order valence-corrected chi connectivity index (χ0v) is 16.2. The summed E-state index contributed by atoms with van der Waals surface area (Å²) in [6.07, 6.45) is 3.72. The van der Waals surface area contributed by atoms with Gasteiger partial charge in [-0.05, 0) is 63.5 Å². The molecule has 2 aliphatic rings. The van der Waals surface area contributed by atoms with Crippen LogP contribution in [0.5, 0.6) is 0 Å². The van der Waals surface area contributed by atoms with Crippen molar-refractivity contribution in [1.82, 2.24) is 0 Å². The summed E-state index contributed by atoms with van der Waals surface area (Å²) in [5.41, 5.74) is 3.81. The quantitative estimate of drug-likeness (QED) is 0.781. The van der Waals surface area contributed by atoms with Gasteiger partial charge in [-0.25, -0.2) is 0 Å². The van der Waals surface area contributed by atoms with Gasteiger partial charge in [0.2, 0.25) is 0 Å². The molecule has 0 atom stereocenters. The summed E-state index contributed by atoms with van der Waals surface area (Å²) < 4.78 is 12.7. The summed E-state index contributed by atoms with van der Waals surface area (Å²) in [6.45, 7) is 15.8. The van der Waals surface area contributed by atoms with Crippen LogP contribution in [0.4, 0.5) is 0 Å². The average molecular weight is 316 g/mol. The Balaban J connectivity index is 2.08. The number of rotatable bonds is 2. The molecule has 120 valence electrons. The predicted molar refractivity (Wildman–Crippen MR) is 97.2 cm³/mol. The molecule has 0 bridgehead atoms. The van der Waals surface area contributed by atoms with Crippen LogP contribution in [-0.4, -0.2) is 26.4 Å². The van der Waals surface area contributed by atoms with Crippen molar-refractivity contribution in [2.75, 3.05) is 0 Å². The highest BCUT2D eigenvalue weighted by atomic mass is 28.3. The maximum absolute atomic E-state index is 6.35. The Bertz CT molecular complexity index is 586. The van der Waals surface area contributed by atoms with Crippen molar-refractivity contribution >= 4 is 25.8 Å². The van der Waals surface area contributed by atoms with Gasteiger partial charge in [0.15, 0.2) is 0 Å². The van der Waals surface area contributed by atoms with E-state index in [4.69, 9.17) is 9.31 Å². The van der Waals surface area contributed by atoms with E-state index in [-0.39, 0.29) is 18.3 Å². The first-order valence-corrected chi connectivity index (χ1v) is 12.0. The van der Waals surface area contributed by atoms with E-state index in [9.17, 15) is 0 Å². The smallest absolute Gasteiger partial charge is 0.399 e. The van der Waals surface area contributed by atoms with Gasteiger partial charge in [0, 0.05) is 0 Å². The standard InChI is InChI=1S/C18H29BO2Si/c1-17(2)18(3,4)21-19(20-17)15-11-13-9-8-10-14(13)12-16(15)22(5,6)7/h11-12H,8-10H2,1-7H3. The molecule has 1 fully saturated rings. The monoisotopic (exact) mass is 316 g/mol. The summed E-state index contributed by atoms with van der Waals surface area (Å²) in [4.78, 5) is 0. The van der Waals surface area contributed by atoms with Crippen LogP contribution in [0.2, 0.25) is 19.6 Å². The first kappa shape index (κ1) is 16.3. The van der Waals surface area contributed by atoms with Gasteiger partial charge in [-0.1, -0.05) is 37.0 Å². The van der Waals surface area contributed by atoms with Crippen LogP contribution in [0.15, 0.2) is 12.1 Å². The Morgan fingerprint density at radius 3 is 1.91 bits per heavy atom. The highest BCUT2D eigenvalue weighted by Crippen LogP contribution is 2.36. The summed E-state index contributed by atoms with van der Waals surface area (Å²) >= 11 is 0. The van der Waals surface area contributed by atoms with Crippen molar-refractivity contribution in [3.63, 3.8) is 0 Å². The molecule has 0 N–H and O–H groups in total. The van der Waals surface area contributed by atoms with Crippen molar-refractivity contribution in [3.8, 4) is 0 Å². The molecule has 0 amide bonds. The van der Waals surface area contributed by atoms with Crippen LogP contribution >= 0.6 is 0 Å². The van der Waals surface area contributed by atoms with Gasteiger partial charge < -0.3 is 9.31 Å². The fourth-order valence-electron chi connectivity index (χ4n) is 3.46. The highest BCUT2D eigenvalue weighted by Gasteiger charge is 2.52. The van der Waals surface area contributed by atoms with E-state index in [1.807, 2.05) is 0 Å². The first-order valence-electron chi connectivity index (χ1n) is 8.53. The minimum atomic E-state index is -1.44. The lowest BCUT2D eigenvalue weighted by Gasteiger charge is -2.32. The molecule has 1 aliphatic heterocycles. The molecular weight excluding hydrogens is 287 g/mol. The topological polar surface area (TPSA) is 18.5 Å². The van der Waals surface area contributed by atoms with E-state index in [1.165, 1.54) is 35.5 Å². The maximum Gasteiger partial charge on any atom is 0.494 e. The molecule has 2 nitrogen and oxygen atoms in total. The summed E-state index contributed by atoms with van der Waals surface area (Å²) in [6, 6.07) is 4.85. The van der Waals surface area contributed by atoms with Gasteiger partial charge in [0.05, 0.1) is 19.3 Å². The molecule has 1 saturated heterocycles. The fourth-order valence-corrected chi connectivity index (χ4v) is 5.12. The van der Waals surface area contributed by atoms with Gasteiger partial charge in [-0.15, -0.1) is 0 Å². The third kappa shape index (κ3) is 2.59. The molecule has 1 heterocycles. The molecule has 0 unspecified atom stereocenters. The van der Waals surface area contributed by atoms with Crippen molar-refractivity contribution in [2.45, 2.75) is 77.8 Å². The molecule has 0 saturated carbocycles. The van der Waals surface area contributed by atoms with E-state index >= 15 is 0 Å². The Morgan fingerprint density at radius 1 is 0.909 bits per heavy atom. The molecule has 4 heteroatoms. The van der Waals surface area contributed by atoms with Crippen molar-refractivity contribution < 1.29 is 9.31 Å². The van der Waals surface area contributed by atoms with Crippen molar-refractivity contribution in [2.24, 2.45) is 0 Å². The number of fused-ring (bicyclic) bond motifs is 1. The highest BCUT2D eigenvalue weighted by molar-refractivity contribution is 6.92. The van der Waals surface area contributed by atoms with E-state index in [0.29, 0.717) is 0 Å². The molecule has 1 aliphatic carbocycles. The van der Waals surface area contributed by atoms with Crippen LogP contribution in [0.1, 0.15) is 45.2 Å². The van der Waals surface area contributed by atoms with Crippen molar-refractivity contribution in [1.29, 1.82) is 0 Å². The van der Waals surface area contributed by atoms with Crippen LogP contribution in [0.3, 0.4) is 0 Å². The molecule has 1 aromatic carbocycles. The molecule has 22 heavy (non-hydrogen) atoms. The Hall–Kier alpha value is -0.578. The summed E-state index contributed by atoms with van der Waals surface area (Å²) in [7, 11) is -1.67. The van der Waals surface area contributed by atoms with Crippen LogP contribution in [0.25, 0.3) is 0 Å². The van der Waals surface area contributed by atoms with Gasteiger partial charge in [0.1, 0.15) is 0 Å². The lowest BCUT2D eigenvalue weighted by Crippen LogP contribution is -2.54. The third-order valence-corrected chi connectivity index (χ3v) is 7.63. The van der Waals surface area contributed by atoms with E-state index in [1.54, 1.807) is 5.56 Å². The van der Waals surface area contributed by atoms with E-state index in [2.05, 4.69) is 59.5 Å². The second-order valence-electron chi connectivity index (χ2n) is 8.90. The second-order valence-corrected chi connectivity index (χ2v) is 13.9. The molecule has 0 aromatic heterocycles. The first-order chi connectivity index (χ1) is 10.0. The Morgan fingerprint density at radius 2 is 1.41 bits per heavy atom. The van der Waals surface area contributed by atoms with E-state index < -0.39 is 8.07 Å². The maximum atomic E-state index is 6.35. The minimum absolute atomic E-state index is 0.224. The summed E-state index contributed by atoms with van der Waals surface area (Å²) in [5, 5.41) is 1.51. The number of benzene rings is 1. The van der Waals surface area contributed by atoms with Gasteiger partial charge in [-0.2, -0.15) is 0 Å². The lowest BCUT2D eigenvalue weighted by molar-refractivity contribution is 0.00578.